The van der Waals surface area contributed by atoms with Gasteiger partial charge in [0, 0.05) is 22.2 Å². The molecule has 106 valence electrons. The molecule has 0 bridgehead atoms. The number of anilines is 1. The molecule has 2 aromatic carbocycles. The number of nitrogens with two attached hydrogens (primary N) is 1. The van der Waals surface area contributed by atoms with Crippen molar-refractivity contribution < 1.29 is 0 Å². The molecule has 3 aromatic rings. The fraction of sp³-hybridized carbons (Fsp3) is 0.167. The van der Waals surface area contributed by atoms with Gasteiger partial charge >= 0.3 is 0 Å². The first-order chi connectivity index (χ1) is 10.0. The zero-order valence-corrected chi connectivity index (χ0v) is 13.3. The van der Waals surface area contributed by atoms with Crippen LogP contribution in [0.4, 0.5) is 5.69 Å². The Labute approximate surface area is 129 Å². The molecule has 0 atom stereocenters. The monoisotopic (exact) mass is 294 g/mol. The fourth-order valence-electron chi connectivity index (χ4n) is 2.78. The van der Waals surface area contributed by atoms with Crippen molar-refractivity contribution in [1.82, 2.24) is 4.98 Å². The van der Waals surface area contributed by atoms with Crippen molar-refractivity contribution in [2.75, 3.05) is 5.73 Å². The lowest BCUT2D eigenvalue weighted by atomic mass is 9.98. The van der Waals surface area contributed by atoms with Crippen LogP contribution in [0.5, 0.6) is 0 Å². The lowest BCUT2D eigenvalue weighted by molar-refractivity contribution is 1.29. The minimum atomic E-state index is 0.770. The number of aromatic nitrogens is 1. The van der Waals surface area contributed by atoms with E-state index in [0.717, 1.165) is 22.0 Å². The molecule has 0 radical (unpaired) electrons. The number of benzene rings is 2. The summed E-state index contributed by atoms with van der Waals surface area (Å²) in [5.74, 6) is 0. The average Bonchev–Trinajstić information content (AvgIpc) is 2.87. The lowest BCUT2D eigenvalue weighted by Gasteiger charge is -2.08. The molecule has 1 aromatic heterocycles. The first-order valence-corrected chi connectivity index (χ1v) is 7.82. The minimum Gasteiger partial charge on any atom is -0.399 e. The maximum absolute atomic E-state index is 5.86. The van der Waals surface area contributed by atoms with E-state index in [4.69, 9.17) is 10.7 Å². The van der Waals surface area contributed by atoms with Gasteiger partial charge in [-0.15, -0.1) is 11.3 Å². The van der Waals surface area contributed by atoms with Crippen LogP contribution >= 0.6 is 11.3 Å². The van der Waals surface area contributed by atoms with E-state index in [-0.39, 0.29) is 0 Å². The highest BCUT2D eigenvalue weighted by atomic mass is 32.1. The largest absolute Gasteiger partial charge is 0.399 e. The Hall–Kier alpha value is -2.13. The van der Waals surface area contributed by atoms with Crippen LogP contribution in [0.25, 0.3) is 21.8 Å². The summed E-state index contributed by atoms with van der Waals surface area (Å²) in [6.07, 6.45) is 0. The van der Waals surface area contributed by atoms with E-state index in [9.17, 15) is 0 Å². The summed E-state index contributed by atoms with van der Waals surface area (Å²) in [6.45, 7) is 6.42. The molecule has 0 saturated carbocycles. The molecule has 0 spiro atoms. The third-order valence-corrected chi connectivity index (χ3v) is 4.46. The lowest BCUT2D eigenvalue weighted by Crippen LogP contribution is -1.90. The van der Waals surface area contributed by atoms with E-state index in [0.29, 0.717) is 0 Å². The number of rotatable bonds is 2. The van der Waals surface area contributed by atoms with Crippen LogP contribution in [0.15, 0.2) is 41.8 Å². The number of hydrogen-bond acceptors (Lipinski definition) is 3. The van der Waals surface area contributed by atoms with Crippen molar-refractivity contribution >= 4 is 17.0 Å². The van der Waals surface area contributed by atoms with Crippen molar-refractivity contribution in [3.8, 4) is 21.8 Å². The second kappa shape index (κ2) is 5.34. The third-order valence-electron chi connectivity index (χ3n) is 3.57. The average molecular weight is 294 g/mol. The second-order valence-corrected chi connectivity index (χ2v) is 6.30. The zero-order valence-electron chi connectivity index (χ0n) is 12.5. The van der Waals surface area contributed by atoms with Crippen molar-refractivity contribution in [3.63, 3.8) is 0 Å². The van der Waals surface area contributed by atoms with Crippen molar-refractivity contribution in [2.45, 2.75) is 20.8 Å². The van der Waals surface area contributed by atoms with Gasteiger partial charge in [0.2, 0.25) is 0 Å². The molecule has 0 aliphatic rings. The number of nitrogen functional groups attached to an aromatic ring is 1. The molecule has 21 heavy (non-hydrogen) atoms. The van der Waals surface area contributed by atoms with Crippen LogP contribution in [0.2, 0.25) is 0 Å². The smallest absolute Gasteiger partial charge is 0.124 e. The Morgan fingerprint density at radius 3 is 2.38 bits per heavy atom. The van der Waals surface area contributed by atoms with Crippen molar-refractivity contribution in [1.29, 1.82) is 0 Å². The highest BCUT2D eigenvalue weighted by molar-refractivity contribution is 7.13. The summed E-state index contributed by atoms with van der Waals surface area (Å²) in [6, 6.07) is 12.3. The van der Waals surface area contributed by atoms with E-state index in [2.05, 4.69) is 38.3 Å². The van der Waals surface area contributed by atoms with Gasteiger partial charge < -0.3 is 5.73 Å². The molecule has 2 N–H and O–H groups in total. The van der Waals surface area contributed by atoms with E-state index in [1.54, 1.807) is 11.3 Å². The van der Waals surface area contributed by atoms with Gasteiger partial charge in [0.25, 0.3) is 0 Å². The molecule has 0 aliphatic heterocycles. The number of thiazole rings is 1. The Kier molecular flexibility index (Phi) is 3.52. The molecule has 0 aliphatic carbocycles. The number of nitrogens with zero attached hydrogens (tertiary/aromatic N) is 1. The highest BCUT2D eigenvalue weighted by Gasteiger charge is 2.11. The standard InChI is InChI=1S/C18H18N2S/c1-11-7-12(2)17(13(3)8-11)16-10-21-18(20-16)14-5-4-6-15(19)9-14/h4-10H,19H2,1-3H3. The molecule has 0 fully saturated rings. The Bertz CT molecular complexity index is 779. The summed E-state index contributed by atoms with van der Waals surface area (Å²) in [5, 5.41) is 3.14. The Balaban J connectivity index is 2.07. The van der Waals surface area contributed by atoms with Gasteiger partial charge in [0.1, 0.15) is 5.01 Å². The summed E-state index contributed by atoms with van der Waals surface area (Å²) in [5.41, 5.74) is 13.8. The summed E-state index contributed by atoms with van der Waals surface area (Å²) >= 11 is 1.66. The molecule has 2 nitrogen and oxygen atoms in total. The van der Waals surface area contributed by atoms with Crippen LogP contribution in [-0.2, 0) is 0 Å². The highest BCUT2D eigenvalue weighted by Crippen LogP contribution is 2.33. The van der Waals surface area contributed by atoms with Gasteiger partial charge in [-0.1, -0.05) is 29.8 Å². The van der Waals surface area contributed by atoms with Gasteiger partial charge in [-0.05, 0) is 44.0 Å². The fourth-order valence-corrected chi connectivity index (χ4v) is 3.58. The topological polar surface area (TPSA) is 38.9 Å². The maximum Gasteiger partial charge on any atom is 0.124 e. The first-order valence-electron chi connectivity index (χ1n) is 6.94. The predicted molar refractivity (Wildman–Crippen MR) is 91.6 cm³/mol. The summed E-state index contributed by atoms with van der Waals surface area (Å²) in [7, 11) is 0. The minimum absolute atomic E-state index is 0.770. The number of aryl methyl sites for hydroxylation is 3. The zero-order chi connectivity index (χ0) is 15.0. The Morgan fingerprint density at radius 1 is 1.00 bits per heavy atom. The maximum atomic E-state index is 5.86. The third kappa shape index (κ3) is 2.69. The summed E-state index contributed by atoms with van der Waals surface area (Å²) in [4.78, 5) is 4.81. The molecule has 3 rings (SSSR count). The summed E-state index contributed by atoms with van der Waals surface area (Å²) < 4.78 is 0. The van der Waals surface area contributed by atoms with Gasteiger partial charge in [-0.25, -0.2) is 4.98 Å². The van der Waals surface area contributed by atoms with Crippen LogP contribution in [0.1, 0.15) is 16.7 Å². The molecule has 1 heterocycles. The van der Waals surface area contributed by atoms with Crippen LogP contribution in [-0.4, -0.2) is 4.98 Å². The molecular formula is C18H18N2S. The van der Waals surface area contributed by atoms with Gasteiger partial charge in [0.15, 0.2) is 0 Å². The van der Waals surface area contributed by atoms with Gasteiger partial charge in [0.05, 0.1) is 5.69 Å². The van der Waals surface area contributed by atoms with Gasteiger partial charge in [-0.2, -0.15) is 0 Å². The molecular weight excluding hydrogens is 276 g/mol. The molecule has 0 amide bonds. The van der Waals surface area contributed by atoms with E-state index >= 15 is 0 Å². The molecule has 3 heteroatoms. The normalized spacial score (nSPS) is 10.8. The van der Waals surface area contributed by atoms with E-state index in [1.807, 2.05) is 24.3 Å². The van der Waals surface area contributed by atoms with Crippen molar-refractivity contribution in [3.05, 3.63) is 58.5 Å². The van der Waals surface area contributed by atoms with E-state index < -0.39 is 0 Å². The van der Waals surface area contributed by atoms with Gasteiger partial charge in [-0.3, -0.25) is 0 Å². The van der Waals surface area contributed by atoms with Crippen LogP contribution in [0, 0.1) is 20.8 Å². The van der Waals surface area contributed by atoms with Crippen molar-refractivity contribution in [2.24, 2.45) is 0 Å². The van der Waals surface area contributed by atoms with Crippen LogP contribution in [0.3, 0.4) is 0 Å². The quantitative estimate of drug-likeness (QED) is 0.677. The number of hydrogen-bond donors (Lipinski definition) is 1. The molecule has 0 saturated heterocycles. The second-order valence-electron chi connectivity index (χ2n) is 5.44. The molecule has 0 unspecified atom stereocenters. The van der Waals surface area contributed by atoms with E-state index in [1.165, 1.54) is 22.3 Å². The first kappa shape index (κ1) is 13.8. The predicted octanol–water partition coefficient (Wildman–Crippen LogP) is 4.98. The Morgan fingerprint density at radius 2 is 1.71 bits per heavy atom. The van der Waals surface area contributed by atoms with Crippen LogP contribution < -0.4 is 5.73 Å². The SMILES string of the molecule is Cc1cc(C)c(-c2csc(-c3cccc(N)c3)n2)c(C)c1.